The van der Waals surface area contributed by atoms with Crippen LogP contribution >= 0.6 is 0 Å². The van der Waals surface area contributed by atoms with Crippen LogP contribution in [-0.2, 0) is 4.74 Å². The first-order chi connectivity index (χ1) is 8.65. The average Bonchev–Trinajstić information content (AvgIpc) is 2.70. The number of hydrogen-bond donors (Lipinski definition) is 1. The second-order valence-corrected chi connectivity index (χ2v) is 3.84. The standard InChI is InChI=1S/C11H14F2N4O/c1-8-2-4-17-10(6-8)15-11(16-17)14-3-5-18-7-9(12)13/h2,4,6,9H,3,5,7H2,1H3,(H,14,16). The fraction of sp³-hybridized carbons (Fsp3) is 0.455. The molecule has 18 heavy (non-hydrogen) atoms. The number of fused-ring (bicyclic) bond motifs is 1. The minimum absolute atomic E-state index is 0.193. The van der Waals surface area contributed by atoms with Gasteiger partial charge in [0.2, 0.25) is 5.95 Å². The van der Waals surface area contributed by atoms with Gasteiger partial charge in [0.25, 0.3) is 6.43 Å². The van der Waals surface area contributed by atoms with Crippen LogP contribution in [0, 0.1) is 6.92 Å². The van der Waals surface area contributed by atoms with Crippen LogP contribution < -0.4 is 5.32 Å². The highest BCUT2D eigenvalue weighted by Gasteiger charge is 2.04. The van der Waals surface area contributed by atoms with Gasteiger partial charge in [-0.1, -0.05) is 0 Å². The molecule has 5 nitrogen and oxygen atoms in total. The van der Waals surface area contributed by atoms with E-state index in [1.165, 1.54) is 0 Å². The first-order valence-corrected chi connectivity index (χ1v) is 5.58. The predicted molar refractivity (Wildman–Crippen MR) is 63.0 cm³/mol. The number of nitrogens with one attached hydrogen (secondary N) is 1. The van der Waals surface area contributed by atoms with Crippen molar-refractivity contribution in [1.29, 1.82) is 0 Å². The predicted octanol–water partition coefficient (Wildman–Crippen LogP) is 1.73. The molecule has 1 N–H and O–H groups in total. The molecule has 0 saturated carbocycles. The molecular formula is C11H14F2N4O. The van der Waals surface area contributed by atoms with Gasteiger partial charge < -0.3 is 10.1 Å². The molecule has 2 aromatic rings. The van der Waals surface area contributed by atoms with Crippen LogP contribution in [0.1, 0.15) is 5.56 Å². The van der Waals surface area contributed by atoms with Crippen molar-refractivity contribution in [3.05, 3.63) is 23.9 Å². The van der Waals surface area contributed by atoms with E-state index < -0.39 is 13.0 Å². The second-order valence-electron chi connectivity index (χ2n) is 3.84. The summed E-state index contributed by atoms with van der Waals surface area (Å²) in [5, 5.41) is 7.09. The third kappa shape index (κ3) is 3.36. The summed E-state index contributed by atoms with van der Waals surface area (Å²) in [5.74, 6) is 0.459. The van der Waals surface area contributed by atoms with E-state index in [0.29, 0.717) is 12.5 Å². The zero-order valence-corrected chi connectivity index (χ0v) is 9.94. The smallest absolute Gasteiger partial charge is 0.261 e. The van der Waals surface area contributed by atoms with Gasteiger partial charge in [-0.05, 0) is 24.6 Å². The molecule has 0 aliphatic rings. The maximum atomic E-state index is 11.8. The molecule has 2 rings (SSSR count). The van der Waals surface area contributed by atoms with E-state index in [2.05, 4.69) is 15.4 Å². The number of rotatable bonds is 6. The van der Waals surface area contributed by atoms with Crippen LogP contribution in [0.5, 0.6) is 0 Å². The Balaban J connectivity index is 1.84. The van der Waals surface area contributed by atoms with Crippen LogP contribution in [0.15, 0.2) is 18.3 Å². The maximum absolute atomic E-state index is 11.8. The van der Waals surface area contributed by atoms with E-state index in [1.54, 1.807) is 4.52 Å². The summed E-state index contributed by atoms with van der Waals surface area (Å²) in [4.78, 5) is 4.24. The fourth-order valence-corrected chi connectivity index (χ4v) is 1.47. The molecule has 0 spiro atoms. The molecule has 0 aromatic carbocycles. The molecule has 0 amide bonds. The van der Waals surface area contributed by atoms with Gasteiger partial charge in [0.1, 0.15) is 6.61 Å². The van der Waals surface area contributed by atoms with Crippen LogP contribution in [0.4, 0.5) is 14.7 Å². The lowest BCUT2D eigenvalue weighted by atomic mass is 10.3. The van der Waals surface area contributed by atoms with Gasteiger partial charge in [0.05, 0.1) is 6.61 Å². The zero-order valence-electron chi connectivity index (χ0n) is 9.94. The van der Waals surface area contributed by atoms with Gasteiger partial charge >= 0.3 is 0 Å². The molecule has 0 unspecified atom stereocenters. The summed E-state index contributed by atoms with van der Waals surface area (Å²) >= 11 is 0. The largest absolute Gasteiger partial charge is 0.374 e. The van der Waals surface area contributed by atoms with Crippen molar-refractivity contribution in [1.82, 2.24) is 14.6 Å². The number of anilines is 1. The number of aryl methyl sites for hydroxylation is 1. The summed E-state index contributed by atoms with van der Waals surface area (Å²) in [7, 11) is 0. The van der Waals surface area contributed by atoms with Crippen molar-refractivity contribution in [2.75, 3.05) is 25.1 Å². The number of aromatic nitrogens is 3. The number of nitrogens with zero attached hydrogens (tertiary/aromatic N) is 3. The van der Waals surface area contributed by atoms with Crippen LogP contribution in [0.3, 0.4) is 0 Å². The summed E-state index contributed by atoms with van der Waals surface area (Å²) < 4.78 is 30.0. The number of pyridine rings is 1. The highest BCUT2D eigenvalue weighted by atomic mass is 19.3. The van der Waals surface area contributed by atoms with Crippen LogP contribution in [-0.4, -0.2) is 40.8 Å². The summed E-state index contributed by atoms with van der Waals surface area (Å²) in [6.45, 7) is 2.01. The molecule has 0 aliphatic heterocycles. The molecule has 7 heteroatoms. The average molecular weight is 256 g/mol. The lowest BCUT2D eigenvalue weighted by Gasteiger charge is -2.03. The molecule has 0 fully saturated rings. The lowest BCUT2D eigenvalue weighted by Crippen LogP contribution is -2.13. The Hall–Kier alpha value is -1.76. The summed E-state index contributed by atoms with van der Waals surface area (Å²) in [6, 6.07) is 3.84. The Labute approximate surface area is 103 Å². The zero-order chi connectivity index (χ0) is 13.0. The van der Waals surface area contributed by atoms with Crippen molar-refractivity contribution in [3.8, 4) is 0 Å². The first-order valence-electron chi connectivity index (χ1n) is 5.58. The molecule has 2 heterocycles. The minimum Gasteiger partial charge on any atom is -0.374 e. The molecule has 0 bridgehead atoms. The second kappa shape index (κ2) is 5.72. The Morgan fingerprint density at radius 3 is 3.11 bits per heavy atom. The van der Waals surface area contributed by atoms with Crippen molar-refractivity contribution >= 4 is 11.6 Å². The Morgan fingerprint density at radius 1 is 1.50 bits per heavy atom. The van der Waals surface area contributed by atoms with E-state index in [0.717, 1.165) is 11.2 Å². The molecule has 0 atom stereocenters. The van der Waals surface area contributed by atoms with Crippen molar-refractivity contribution in [3.63, 3.8) is 0 Å². The van der Waals surface area contributed by atoms with Crippen LogP contribution in [0.2, 0.25) is 0 Å². The van der Waals surface area contributed by atoms with Gasteiger partial charge in [0.15, 0.2) is 5.65 Å². The summed E-state index contributed by atoms with van der Waals surface area (Å²) in [5.41, 5.74) is 1.84. The van der Waals surface area contributed by atoms with Crippen molar-refractivity contribution in [2.45, 2.75) is 13.3 Å². The van der Waals surface area contributed by atoms with Crippen LogP contribution in [0.25, 0.3) is 5.65 Å². The van der Waals surface area contributed by atoms with Gasteiger partial charge in [-0.25, -0.2) is 13.3 Å². The van der Waals surface area contributed by atoms with Gasteiger partial charge in [0, 0.05) is 12.7 Å². The van der Waals surface area contributed by atoms with Gasteiger partial charge in [-0.15, -0.1) is 5.10 Å². The molecule has 98 valence electrons. The maximum Gasteiger partial charge on any atom is 0.261 e. The third-order valence-electron chi connectivity index (χ3n) is 2.27. The van der Waals surface area contributed by atoms with E-state index in [4.69, 9.17) is 4.74 Å². The van der Waals surface area contributed by atoms with Gasteiger partial charge in [-0.3, -0.25) is 0 Å². The Morgan fingerprint density at radius 2 is 2.33 bits per heavy atom. The first kappa shape index (κ1) is 12.7. The molecule has 0 saturated heterocycles. The monoisotopic (exact) mass is 256 g/mol. The van der Waals surface area contributed by atoms with Crippen molar-refractivity contribution < 1.29 is 13.5 Å². The van der Waals surface area contributed by atoms with Gasteiger partial charge in [-0.2, -0.15) is 4.98 Å². The topological polar surface area (TPSA) is 51.5 Å². The van der Waals surface area contributed by atoms with E-state index in [9.17, 15) is 8.78 Å². The quantitative estimate of drug-likeness (QED) is 0.800. The molecule has 0 aliphatic carbocycles. The number of ether oxygens (including phenoxy) is 1. The number of hydrogen-bond acceptors (Lipinski definition) is 4. The van der Waals surface area contributed by atoms with E-state index in [-0.39, 0.29) is 6.61 Å². The summed E-state index contributed by atoms with van der Waals surface area (Å²) in [6.07, 6.45) is -0.614. The SMILES string of the molecule is Cc1ccn2nc(NCCOCC(F)F)nc2c1. The van der Waals surface area contributed by atoms with Crippen molar-refractivity contribution in [2.24, 2.45) is 0 Å². The highest BCUT2D eigenvalue weighted by Crippen LogP contribution is 2.07. The Kier molecular flexibility index (Phi) is 4.03. The molecule has 0 radical (unpaired) electrons. The third-order valence-corrected chi connectivity index (χ3v) is 2.27. The normalized spacial score (nSPS) is 11.3. The molecule has 2 aromatic heterocycles. The van der Waals surface area contributed by atoms with E-state index in [1.807, 2.05) is 25.3 Å². The van der Waals surface area contributed by atoms with E-state index >= 15 is 0 Å². The number of alkyl halides is 2. The fourth-order valence-electron chi connectivity index (χ4n) is 1.47. The number of halogens is 2. The Bertz CT molecular complexity index is 515. The minimum atomic E-state index is -2.43. The lowest BCUT2D eigenvalue weighted by molar-refractivity contribution is 0.0214. The highest BCUT2D eigenvalue weighted by molar-refractivity contribution is 5.45. The molecular weight excluding hydrogens is 242 g/mol.